The maximum atomic E-state index is 6.09. The van der Waals surface area contributed by atoms with Crippen LogP contribution in [-0.2, 0) is 11.3 Å². The molecule has 17 heavy (non-hydrogen) atoms. The van der Waals surface area contributed by atoms with E-state index in [4.69, 9.17) is 27.9 Å². The molecule has 2 heterocycles. The van der Waals surface area contributed by atoms with Crippen molar-refractivity contribution in [3.05, 3.63) is 28.0 Å². The highest BCUT2D eigenvalue weighted by Crippen LogP contribution is 2.24. The maximum absolute atomic E-state index is 6.09. The number of ether oxygens (including phenoxy) is 1. The molecule has 0 aromatic carbocycles. The Labute approximate surface area is 112 Å². The Morgan fingerprint density at radius 2 is 2.12 bits per heavy atom. The summed E-state index contributed by atoms with van der Waals surface area (Å²) in [6.07, 6.45) is 4.41. The lowest BCUT2D eigenvalue weighted by Crippen LogP contribution is -2.25. The second kappa shape index (κ2) is 6.01. The molecule has 0 spiro atoms. The summed E-state index contributed by atoms with van der Waals surface area (Å²) in [5.41, 5.74) is 0.949. The first-order chi connectivity index (χ1) is 8.16. The van der Waals surface area contributed by atoms with Crippen LogP contribution in [-0.4, -0.2) is 36.7 Å². The minimum Gasteiger partial charge on any atom is -0.381 e. The van der Waals surface area contributed by atoms with Crippen LogP contribution in [0.4, 0.5) is 0 Å². The van der Waals surface area contributed by atoms with Gasteiger partial charge in [0.05, 0.1) is 16.7 Å². The fourth-order valence-corrected chi connectivity index (χ4v) is 2.58. The fraction of sp³-hybridized carbons (Fsp3) is 0.583. The van der Waals surface area contributed by atoms with Crippen molar-refractivity contribution in [3.63, 3.8) is 0 Å². The minimum absolute atomic E-state index is 0.624. The zero-order chi connectivity index (χ0) is 12.3. The molecule has 1 atom stereocenters. The number of pyridine rings is 1. The molecule has 0 bridgehead atoms. The van der Waals surface area contributed by atoms with Gasteiger partial charge >= 0.3 is 0 Å². The summed E-state index contributed by atoms with van der Waals surface area (Å²) >= 11 is 12.2. The summed E-state index contributed by atoms with van der Waals surface area (Å²) in [6.45, 7) is 3.50. The Morgan fingerprint density at radius 1 is 1.41 bits per heavy atom. The van der Waals surface area contributed by atoms with Crippen LogP contribution in [0.2, 0.25) is 10.0 Å². The summed E-state index contributed by atoms with van der Waals surface area (Å²) in [7, 11) is 2.07. The van der Waals surface area contributed by atoms with Crippen molar-refractivity contribution in [1.29, 1.82) is 0 Å². The van der Waals surface area contributed by atoms with Gasteiger partial charge in [-0.1, -0.05) is 23.2 Å². The number of hydrogen-bond acceptors (Lipinski definition) is 3. The Balaban J connectivity index is 1.95. The van der Waals surface area contributed by atoms with Crippen LogP contribution in [0.25, 0.3) is 0 Å². The third-order valence-corrected chi connectivity index (χ3v) is 3.63. The van der Waals surface area contributed by atoms with Gasteiger partial charge < -0.3 is 9.64 Å². The number of aromatic nitrogens is 1. The van der Waals surface area contributed by atoms with E-state index in [1.54, 1.807) is 12.4 Å². The summed E-state index contributed by atoms with van der Waals surface area (Å²) in [5, 5.41) is 1.26. The first-order valence-corrected chi connectivity index (χ1v) is 6.46. The van der Waals surface area contributed by atoms with Gasteiger partial charge in [0.1, 0.15) is 0 Å². The van der Waals surface area contributed by atoms with Crippen molar-refractivity contribution in [2.45, 2.75) is 13.0 Å². The molecule has 1 aromatic heterocycles. The van der Waals surface area contributed by atoms with Crippen molar-refractivity contribution >= 4 is 23.2 Å². The second-order valence-electron chi connectivity index (χ2n) is 4.51. The average molecular weight is 275 g/mol. The SMILES string of the molecule is CN(Cc1c(Cl)cncc1Cl)CC1CCOC1. The van der Waals surface area contributed by atoms with Crippen molar-refractivity contribution < 1.29 is 4.74 Å². The molecule has 0 aliphatic carbocycles. The van der Waals surface area contributed by atoms with Crippen LogP contribution >= 0.6 is 23.2 Å². The van der Waals surface area contributed by atoms with Gasteiger partial charge in [0, 0.05) is 37.7 Å². The fourth-order valence-electron chi connectivity index (χ4n) is 2.09. The zero-order valence-electron chi connectivity index (χ0n) is 9.83. The van der Waals surface area contributed by atoms with Gasteiger partial charge in [0.15, 0.2) is 0 Å². The smallest absolute Gasteiger partial charge is 0.0649 e. The Morgan fingerprint density at radius 3 is 2.71 bits per heavy atom. The van der Waals surface area contributed by atoms with Gasteiger partial charge in [-0.2, -0.15) is 0 Å². The van der Waals surface area contributed by atoms with Crippen molar-refractivity contribution in [1.82, 2.24) is 9.88 Å². The van der Waals surface area contributed by atoms with Crippen molar-refractivity contribution in [2.24, 2.45) is 5.92 Å². The second-order valence-corrected chi connectivity index (χ2v) is 5.32. The minimum atomic E-state index is 0.624. The van der Waals surface area contributed by atoms with Gasteiger partial charge in [-0.25, -0.2) is 0 Å². The topological polar surface area (TPSA) is 25.4 Å². The van der Waals surface area contributed by atoms with E-state index in [9.17, 15) is 0 Å². The largest absolute Gasteiger partial charge is 0.381 e. The van der Waals surface area contributed by atoms with E-state index in [1.165, 1.54) is 0 Å². The van der Waals surface area contributed by atoms with E-state index in [2.05, 4.69) is 16.9 Å². The number of hydrogen-bond donors (Lipinski definition) is 0. The van der Waals surface area contributed by atoms with E-state index >= 15 is 0 Å². The molecule has 5 heteroatoms. The molecule has 3 nitrogen and oxygen atoms in total. The molecule has 1 aliphatic rings. The lowest BCUT2D eigenvalue weighted by molar-refractivity contribution is 0.173. The van der Waals surface area contributed by atoms with Crippen LogP contribution in [0.3, 0.4) is 0 Å². The van der Waals surface area contributed by atoms with Gasteiger partial charge in [-0.15, -0.1) is 0 Å². The summed E-state index contributed by atoms with van der Waals surface area (Å²) in [4.78, 5) is 6.18. The highest BCUT2D eigenvalue weighted by molar-refractivity contribution is 6.35. The molecule has 0 amide bonds. The van der Waals surface area contributed by atoms with Gasteiger partial charge in [-0.05, 0) is 19.4 Å². The van der Waals surface area contributed by atoms with Gasteiger partial charge in [0.25, 0.3) is 0 Å². The lowest BCUT2D eigenvalue weighted by atomic mass is 10.1. The van der Waals surface area contributed by atoms with Crippen LogP contribution in [0.1, 0.15) is 12.0 Å². The normalized spacial score (nSPS) is 20.1. The van der Waals surface area contributed by atoms with E-state index in [-0.39, 0.29) is 0 Å². The summed E-state index contributed by atoms with van der Waals surface area (Å²) in [5.74, 6) is 0.624. The van der Waals surface area contributed by atoms with Crippen LogP contribution in [0.5, 0.6) is 0 Å². The van der Waals surface area contributed by atoms with Crippen LogP contribution in [0, 0.1) is 5.92 Å². The van der Waals surface area contributed by atoms with E-state index < -0.39 is 0 Å². The third-order valence-electron chi connectivity index (χ3n) is 2.97. The number of nitrogens with zero attached hydrogens (tertiary/aromatic N) is 2. The van der Waals surface area contributed by atoms with E-state index in [0.29, 0.717) is 16.0 Å². The predicted octanol–water partition coefficient (Wildman–Crippen LogP) is 2.86. The monoisotopic (exact) mass is 274 g/mol. The van der Waals surface area contributed by atoms with Gasteiger partial charge in [-0.3, -0.25) is 4.98 Å². The Bertz CT molecular complexity index is 361. The van der Waals surface area contributed by atoms with Crippen molar-refractivity contribution in [3.8, 4) is 0 Å². The third kappa shape index (κ3) is 3.55. The highest BCUT2D eigenvalue weighted by Gasteiger charge is 2.18. The number of rotatable bonds is 4. The average Bonchev–Trinajstić information content (AvgIpc) is 2.76. The molecule has 0 N–H and O–H groups in total. The predicted molar refractivity (Wildman–Crippen MR) is 69.5 cm³/mol. The lowest BCUT2D eigenvalue weighted by Gasteiger charge is -2.21. The highest BCUT2D eigenvalue weighted by atomic mass is 35.5. The van der Waals surface area contributed by atoms with Gasteiger partial charge in [0.2, 0.25) is 0 Å². The first kappa shape index (κ1) is 13.1. The van der Waals surface area contributed by atoms with E-state index in [0.717, 1.165) is 38.3 Å². The number of halogens is 2. The Kier molecular flexibility index (Phi) is 4.62. The quantitative estimate of drug-likeness (QED) is 0.844. The first-order valence-electron chi connectivity index (χ1n) is 5.71. The molecule has 1 fully saturated rings. The van der Waals surface area contributed by atoms with Crippen molar-refractivity contribution in [2.75, 3.05) is 26.8 Å². The summed E-state index contributed by atoms with van der Waals surface area (Å²) < 4.78 is 5.37. The molecular weight excluding hydrogens is 259 g/mol. The molecule has 1 aromatic rings. The molecule has 0 radical (unpaired) electrons. The van der Waals surface area contributed by atoms with Crippen LogP contribution in [0.15, 0.2) is 12.4 Å². The Hall–Kier alpha value is -0.350. The molecule has 94 valence electrons. The molecular formula is C12H16Cl2N2O. The molecule has 2 rings (SSSR count). The molecule has 1 aliphatic heterocycles. The summed E-state index contributed by atoms with van der Waals surface area (Å²) in [6, 6.07) is 0. The standard InChI is InChI=1S/C12H16Cl2N2O/c1-16(6-9-2-3-17-8-9)7-10-11(13)4-15-5-12(10)14/h4-5,9H,2-3,6-8H2,1H3. The zero-order valence-corrected chi connectivity index (χ0v) is 11.3. The van der Waals surface area contributed by atoms with E-state index in [1.807, 2.05) is 0 Å². The maximum Gasteiger partial charge on any atom is 0.0649 e. The van der Waals surface area contributed by atoms with Crippen LogP contribution < -0.4 is 0 Å². The molecule has 1 unspecified atom stereocenters. The molecule has 1 saturated heterocycles. The molecule has 0 saturated carbocycles.